The molecule has 0 radical (unpaired) electrons. The van der Waals surface area contributed by atoms with Crippen LogP contribution in [0.5, 0.6) is 0 Å². The zero-order valence-electron chi connectivity index (χ0n) is 14.8. The van der Waals surface area contributed by atoms with Gasteiger partial charge in [-0.3, -0.25) is 0 Å². The van der Waals surface area contributed by atoms with Crippen molar-refractivity contribution in [3.05, 3.63) is 0 Å². The molecule has 0 amide bonds. The van der Waals surface area contributed by atoms with Gasteiger partial charge in [0.2, 0.25) is 0 Å². The Morgan fingerprint density at radius 1 is 0.684 bits per heavy atom. The van der Waals surface area contributed by atoms with Crippen LogP contribution in [0.2, 0.25) is 0 Å². The molecule has 1 nitrogen and oxygen atoms in total. The molecule has 0 heterocycles. The van der Waals surface area contributed by atoms with Crippen molar-refractivity contribution in [2.75, 3.05) is 0 Å². The van der Waals surface area contributed by atoms with Crippen LogP contribution >= 0.6 is 0 Å². The second-order valence-electron chi connectivity index (χ2n) is 8.66. The lowest BCUT2D eigenvalue weighted by molar-refractivity contribution is -0.00407. The molecular formula is C18H38O. The minimum absolute atomic E-state index is 0.409. The molecule has 0 spiro atoms. The summed E-state index contributed by atoms with van der Waals surface area (Å²) in [5, 5.41) is 0. The van der Waals surface area contributed by atoms with Gasteiger partial charge in [-0.15, -0.1) is 0 Å². The van der Waals surface area contributed by atoms with Gasteiger partial charge in [0, 0.05) is 0 Å². The van der Waals surface area contributed by atoms with Crippen molar-refractivity contribution >= 4 is 0 Å². The van der Waals surface area contributed by atoms with Gasteiger partial charge in [0.05, 0.1) is 12.2 Å². The molecule has 0 aromatic rings. The van der Waals surface area contributed by atoms with E-state index in [0.29, 0.717) is 23.0 Å². The van der Waals surface area contributed by atoms with Crippen LogP contribution in [0.3, 0.4) is 0 Å². The first-order valence-electron chi connectivity index (χ1n) is 8.15. The molecule has 0 aromatic carbocycles. The van der Waals surface area contributed by atoms with Crippen molar-refractivity contribution in [2.45, 2.75) is 106 Å². The molecule has 0 aliphatic rings. The predicted octanol–water partition coefficient (Wildman–Crippen LogP) is 6.21. The Labute approximate surface area is 122 Å². The van der Waals surface area contributed by atoms with Gasteiger partial charge in [-0.1, -0.05) is 54.4 Å². The van der Waals surface area contributed by atoms with Gasteiger partial charge in [0.15, 0.2) is 0 Å². The Hall–Kier alpha value is -0.0400. The number of rotatable bonds is 8. The summed E-state index contributed by atoms with van der Waals surface area (Å²) in [6.07, 6.45) is 8.35. The van der Waals surface area contributed by atoms with Crippen molar-refractivity contribution in [1.82, 2.24) is 0 Å². The zero-order chi connectivity index (χ0) is 15.1. The fourth-order valence-corrected chi connectivity index (χ4v) is 2.37. The molecule has 19 heavy (non-hydrogen) atoms. The lowest BCUT2D eigenvalue weighted by Crippen LogP contribution is -2.18. The first-order chi connectivity index (χ1) is 8.49. The van der Waals surface area contributed by atoms with Crippen LogP contribution in [-0.4, -0.2) is 12.2 Å². The van der Waals surface area contributed by atoms with Gasteiger partial charge in [0.1, 0.15) is 0 Å². The van der Waals surface area contributed by atoms with Crippen LogP contribution in [0.1, 0.15) is 93.9 Å². The standard InChI is InChI=1S/C18H38O/c1-15(11-9-13-17(3,4)5)19-16(2)12-10-14-18(6,7)8/h15-16H,9-14H2,1-8H3. The SMILES string of the molecule is CC(CCCC(C)(C)C)OC(C)CCCC(C)(C)C. The quantitative estimate of drug-likeness (QED) is 0.509. The summed E-state index contributed by atoms with van der Waals surface area (Å²) in [6, 6.07) is 0. The van der Waals surface area contributed by atoms with Gasteiger partial charge in [-0.05, 0) is 50.4 Å². The third-order valence-corrected chi connectivity index (χ3v) is 3.54. The van der Waals surface area contributed by atoms with Gasteiger partial charge in [-0.25, -0.2) is 0 Å². The maximum atomic E-state index is 6.08. The first kappa shape index (κ1) is 19.0. The third kappa shape index (κ3) is 14.2. The lowest BCUT2D eigenvalue weighted by atomic mass is 9.89. The summed E-state index contributed by atoms with van der Waals surface area (Å²) >= 11 is 0. The van der Waals surface area contributed by atoms with E-state index in [1.165, 1.54) is 38.5 Å². The van der Waals surface area contributed by atoms with Crippen LogP contribution in [0.4, 0.5) is 0 Å². The van der Waals surface area contributed by atoms with E-state index in [-0.39, 0.29) is 0 Å². The molecule has 0 rings (SSSR count). The molecule has 0 saturated carbocycles. The predicted molar refractivity (Wildman–Crippen MR) is 86.6 cm³/mol. The van der Waals surface area contributed by atoms with Crippen molar-refractivity contribution in [3.8, 4) is 0 Å². The minimum Gasteiger partial charge on any atom is -0.376 e. The highest BCUT2D eigenvalue weighted by Crippen LogP contribution is 2.24. The van der Waals surface area contributed by atoms with Gasteiger partial charge in [0.25, 0.3) is 0 Å². The van der Waals surface area contributed by atoms with E-state index in [4.69, 9.17) is 4.74 Å². The molecule has 1 heteroatoms. The molecule has 2 unspecified atom stereocenters. The first-order valence-corrected chi connectivity index (χ1v) is 8.15. The van der Waals surface area contributed by atoms with Crippen LogP contribution in [0.25, 0.3) is 0 Å². The van der Waals surface area contributed by atoms with E-state index >= 15 is 0 Å². The van der Waals surface area contributed by atoms with E-state index in [2.05, 4.69) is 55.4 Å². The maximum Gasteiger partial charge on any atom is 0.0550 e. The molecule has 0 aromatic heterocycles. The third-order valence-electron chi connectivity index (χ3n) is 3.54. The maximum absolute atomic E-state index is 6.08. The van der Waals surface area contributed by atoms with Gasteiger partial charge in [-0.2, -0.15) is 0 Å². The van der Waals surface area contributed by atoms with Crippen LogP contribution in [0, 0.1) is 10.8 Å². The highest BCUT2D eigenvalue weighted by molar-refractivity contribution is 4.65. The summed E-state index contributed by atoms with van der Waals surface area (Å²) in [7, 11) is 0. The van der Waals surface area contributed by atoms with E-state index in [0.717, 1.165) is 0 Å². The van der Waals surface area contributed by atoms with Gasteiger partial charge >= 0.3 is 0 Å². The zero-order valence-corrected chi connectivity index (χ0v) is 14.8. The summed E-state index contributed by atoms with van der Waals surface area (Å²) in [6.45, 7) is 18.3. The highest BCUT2D eigenvalue weighted by atomic mass is 16.5. The topological polar surface area (TPSA) is 9.23 Å². The Kier molecular flexibility index (Phi) is 8.27. The fraction of sp³-hybridized carbons (Fsp3) is 1.00. The van der Waals surface area contributed by atoms with E-state index in [1.807, 2.05) is 0 Å². The molecule has 2 atom stereocenters. The fourth-order valence-electron chi connectivity index (χ4n) is 2.37. The Balaban J connectivity index is 3.66. The molecule has 0 N–H and O–H groups in total. The van der Waals surface area contributed by atoms with Crippen LogP contribution in [0.15, 0.2) is 0 Å². The molecule has 0 bridgehead atoms. The second-order valence-corrected chi connectivity index (χ2v) is 8.66. The average Bonchev–Trinajstić information content (AvgIpc) is 2.12. The molecule has 0 aliphatic heterocycles. The number of hydrogen-bond acceptors (Lipinski definition) is 1. The summed E-state index contributed by atoms with van der Waals surface area (Å²) < 4.78 is 6.08. The Morgan fingerprint density at radius 2 is 1.00 bits per heavy atom. The Bertz CT molecular complexity index is 195. The molecular weight excluding hydrogens is 232 g/mol. The molecule has 116 valence electrons. The summed E-state index contributed by atoms with van der Waals surface area (Å²) in [5.74, 6) is 0. The lowest BCUT2D eigenvalue weighted by Gasteiger charge is -2.23. The summed E-state index contributed by atoms with van der Waals surface area (Å²) in [5.41, 5.74) is 0.913. The normalized spacial score (nSPS) is 16.4. The molecule has 0 saturated heterocycles. The van der Waals surface area contributed by atoms with Crippen LogP contribution < -0.4 is 0 Å². The second kappa shape index (κ2) is 8.29. The molecule has 0 fully saturated rings. The average molecular weight is 271 g/mol. The van der Waals surface area contributed by atoms with Crippen molar-refractivity contribution in [2.24, 2.45) is 10.8 Å². The Morgan fingerprint density at radius 3 is 1.26 bits per heavy atom. The van der Waals surface area contributed by atoms with E-state index in [9.17, 15) is 0 Å². The largest absolute Gasteiger partial charge is 0.376 e. The van der Waals surface area contributed by atoms with E-state index < -0.39 is 0 Å². The summed E-state index contributed by atoms with van der Waals surface area (Å²) in [4.78, 5) is 0. The van der Waals surface area contributed by atoms with E-state index in [1.54, 1.807) is 0 Å². The van der Waals surface area contributed by atoms with Gasteiger partial charge < -0.3 is 4.74 Å². The van der Waals surface area contributed by atoms with Crippen molar-refractivity contribution in [1.29, 1.82) is 0 Å². The minimum atomic E-state index is 0.409. The number of hydrogen-bond donors (Lipinski definition) is 0. The van der Waals surface area contributed by atoms with Crippen molar-refractivity contribution in [3.63, 3.8) is 0 Å². The molecule has 0 aliphatic carbocycles. The smallest absolute Gasteiger partial charge is 0.0550 e. The number of ether oxygens (including phenoxy) is 1. The highest BCUT2D eigenvalue weighted by Gasteiger charge is 2.14. The van der Waals surface area contributed by atoms with Crippen LogP contribution in [-0.2, 0) is 4.74 Å². The monoisotopic (exact) mass is 270 g/mol. The van der Waals surface area contributed by atoms with Crippen molar-refractivity contribution < 1.29 is 4.74 Å².